The third-order valence-electron chi connectivity index (χ3n) is 6.81. The van der Waals surface area contributed by atoms with Gasteiger partial charge in [0, 0.05) is 5.92 Å². The van der Waals surface area contributed by atoms with Crippen LogP contribution in [0.1, 0.15) is 29.5 Å². The summed E-state index contributed by atoms with van der Waals surface area (Å²) in [4.78, 5) is 0. The molecule has 0 aromatic heterocycles. The number of fused-ring (bicyclic) bond motifs is 6. The fourth-order valence-electron chi connectivity index (χ4n) is 5.46. The van der Waals surface area contributed by atoms with Crippen LogP contribution in [0, 0.1) is 0 Å². The molecule has 5 aromatic carbocycles. The van der Waals surface area contributed by atoms with Crippen molar-refractivity contribution < 1.29 is 51.0 Å². The summed E-state index contributed by atoms with van der Waals surface area (Å²) in [7, 11) is -0.600. The summed E-state index contributed by atoms with van der Waals surface area (Å²) in [5.41, 5.74) is 5.89. The van der Waals surface area contributed by atoms with Gasteiger partial charge < -0.3 is 24.8 Å². The topological polar surface area (TPSA) is 0 Å². The van der Waals surface area contributed by atoms with Gasteiger partial charge in [-0.3, -0.25) is 0 Å². The van der Waals surface area contributed by atoms with Gasteiger partial charge in [-0.2, -0.15) is 0 Å². The number of rotatable bonds is 2. The van der Waals surface area contributed by atoms with Crippen LogP contribution in [0.25, 0.3) is 38.4 Å². The monoisotopic (exact) mass is 560 g/mol. The van der Waals surface area contributed by atoms with Crippen molar-refractivity contribution in [1.82, 2.24) is 0 Å². The van der Waals surface area contributed by atoms with Crippen molar-refractivity contribution in [1.29, 1.82) is 0 Å². The Morgan fingerprint density at radius 1 is 0.758 bits per heavy atom. The van der Waals surface area contributed by atoms with Crippen molar-refractivity contribution in [2.75, 3.05) is 0 Å². The number of benzene rings is 4. The van der Waals surface area contributed by atoms with E-state index in [1.807, 2.05) is 0 Å². The first-order valence-electron chi connectivity index (χ1n) is 10.7. The molecule has 0 fully saturated rings. The zero-order chi connectivity index (χ0) is 20.4. The Labute approximate surface area is 229 Å². The number of allylic oxidation sites excluding steroid dienone is 1. The van der Waals surface area contributed by atoms with Gasteiger partial charge in [0.1, 0.15) is 0 Å². The van der Waals surface area contributed by atoms with E-state index in [-0.39, 0.29) is 51.0 Å². The molecule has 6 rings (SSSR count). The summed E-state index contributed by atoms with van der Waals surface area (Å²) in [6.45, 7) is 7.17. The van der Waals surface area contributed by atoms with E-state index in [0.717, 1.165) is 0 Å². The minimum atomic E-state index is -0.600. The molecule has 1 aliphatic carbocycles. The maximum atomic E-state index is 2.44. The van der Waals surface area contributed by atoms with Crippen LogP contribution in [0.4, 0.5) is 0 Å². The van der Waals surface area contributed by atoms with Crippen molar-refractivity contribution in [3.63, 3.8) is 0 Å². The molecule has 33 heavy (non-hydrogen) atoms. The number of hydrogen-bond acceptors (Lipinski definition) is 0. The zero-order valence-corrected chi connectivity index (χ0v) is 23.9. The Kier molecular flexibility index (Phi) is 7.86. The second kappa shape index (κ2) is 9.96. The molecule has 0 heterocycles. The van der Waals surface area contributed by atoms with Gasteiger partial charge >= 0.3 is 26.2 Å². The van der Waals surface area contributed by atoms with E-state index in [2.05, 4.69) is 105 Å². The van der Waals surface area contributed by atoms with Crippen LogP contribution in [-0.2, 0) is 26.2 Å². The molecule has 0 saturated heterocycles. The Morgan fingerprint density at radius 2 is 1.45 bits per heavy atom. The predicted molar refractivity (Wildman–Crippen MR) is 134 cm³/mol. The molecule has 1 atom stereocenters. The van der Waals surface area contributed by atoms with E-state index in [4.69, 9.17) is 0 Å². The van der Waals surface area contributed by atoms with Crippen LogP contribution >= 0.6 is 0 Å². The first-order valence-corrected chi connectivity index (χ1v) is 13.2. The molecule has 2 radical (unpaired) electrons. The van der Waals surface area contributed by atoms with E-state index in [1.54, 1.807) is 10.8 Å². The second-order valence-electron chi connectivity index (χ2n) is 8.83. The Morgan fingerprint density at radius 3 is 2.21 bits per heavy atom. The fourth-order valence-corrected chi connectivity index (χ4v) is 6.70. The Balaban J connectivity index is 0.00000102. The summed E-state index contributed by atoms with van der Waals surface area (Å²) in [6, 6.07) is 29.5. The maximum absolute atomic E-state index is 2.44. The minimum absolute atomic E-state index is 0. The quantitative estimate of drug-likeness (QED) is 0.225. The van der Waals surface area contributed by atoms with Crippen LogP contribution in [0.3, 0.4) is 0 Å². The van der Waals surface area contributed by atoms with E-state index in [1.165, 1.54) is 49.0 Å². The van der Waals surface area contributed by atoms with E-state index in [9.17, 15) is 0 Å². The van der Waals surface area contributed by atoms with E-state index >= 15 is 0 Å². The summed E-state index contributed by atoms with van der Waals surface area (Å²) < 4.78 is 0. The Bertz CT molecular complexity index is 1500. The summed E-state index contributed by atoms with van der Waals surface area (Å²) in [5, 5.41) is 9.84. The van der Waals surface area contributed by atoms with Crippen LogP contribution in [0.5, 0.6) is 0 Å². The average molecular weight is 563 g/mol. The molecule has 162 valence electrons. The molecule has 5 aromatic rings. The molecular formula is C29H24Cl2SiZr. The first kappa shape index (κ1) is 26.0. The first-order chi connectivity index (χ1) is 14.6. The Hall–Kier alpha value is -1.57. The zero-order valence-electron chi connectivity index (χ0n) is 18.9. The molecule has 0 N–H and O–H groups in total. The van der Waals surface area contributed by atoms with Gasteiger partial charge in [0.2, 0.25) is 0 Å². The minimum Gasteiger partial charge on any atom is -1.00 e. The van der Waals surface area contributed by atoms with Gasteiger partial charge in [0.25, 0.3) is 0 Å². The fraction of sp³-hybridized carbons (Fsp3) is 0.138. The van der Waals surface area contributed by atoms with Crippen molar-refractivity contribution in [2.24, 2.45) is 0 Å². The van der Waals surface area contributed by atoms with Gasteiger partial charge in [-0.1, -0.05) is 102 Å². The average Bonchev–Trinajstić information content (AvgIpc) is 3.30. The van der Waals surface area contributed by atoms with Crippen molar-refractivity contribution >= 4 is 52.4 Å². The molecule has 1 unspecified atom stereocenters. The van der Waals surface area contributed by atoms with E-state index in [0.29, 0.717) is 5.92 Å². The van der Waals surface area contributed by atoms with Crippen molar-refractivity contribution in [3.05, 3.63) is 101 Å². The van der Waals surface area contributed by atoms with E-state index < -0.39 is 8.80 Å². The standard InChI is InChI=1S/C29H24Si.2ClH.Zr/c1-18-16-25-21-10-6-4-8-19(21)12-13-24(25)28(18)29-26-17-20-9-5-7-11-22(20)23(26)14-15-27(29)30(2)3;;;/h4-17,28H,1-3H3;2*1H;/q-1;;;+3/p-2. The van der Waals surface area contributed by atoms with Gasteiger partial charge in [0.05, 0.1) is 8.80 Å². The maximum Gasteiger partial charge on any atom is 3.00 e. The number of halogens is 2. The second-order valence-corrected chi connectivity index (χ2v) is 11.4. The predicted octanol–water partition coefficient (Wildman–Crippen LogP) is 1.38. The number of hydrogen-bond donors (Lipinski definition) is 0. The van der Waals surface area contributed by atoms with Crippen LogP contribution in [0.2, 0.25) is 13.1 Å². The smallest absolute Gasteiger partial charge is 1.00 e. The SMILES string of the molecule is CC1=Cc2c(ccc3ccccc23)C1c1c([Si](C)C)ccc2c1[cH-]c1ccccc12.[Cl-].[Cl-].[Zr+3]. The molecule has 0 nitrogen and oxygen atoms in total. The van der Waals surface area contributed by atoms with Gasteiger partial charge in [-0.25, -0.2) is 0 Å². The molecule has 1 aliphatic rings. The molecular weight excluding hydrogens is 539 g/mol. The van der Waals surface area contributed by atoms with Gasteiger partial charge in [-0.15, -0.1) is 33.7 Å². The van der Waals surface area contributed by atoms with Crippen molar-refractivity contribution in [3.8, 4) is 0 Å². The third-order valence-corrected chi connectivity index (χ3v) is 8.32. The molecule has 0 aliphatic heterocycles. The summed E-state index contributed by atoms with van der Waals surface area (Å²) >= 11 is 0. The normalized spacial score (nSPS) is 14.5. The van der Waals surface area contributed by atoms with Crippen molar-refractivity contribution in [2.45, 2.75) is 25.9 Å². The van der Waals surface area contributed by atoms with Gasteiger partial charge in [-0.05, 0) is 28.8 Å². The van der Waals surface area contributed by atoms with Crippen LogP contribution in [0.15, 0.2) is 84.4 Å². The third kappa shape index (κ3) is 4.00. The molecule has 0 saturated carbocycles. The molecule has 0 spiro atoms. The molecule has 4 heteroatoms. The van der Waals surface area contributed by atoms with Gasteiger partial charge in [0.15, 0.2) is 0 Å². The summed E-state index contributed by atoms with van der Waals surface area (Å²) in [6.07, 6.45) is 2.44. The largest absolute Gasteiger partial charge is 3.00 e. The van der Waals surface area contributed by atoms with Crippen LogP contribution in [-0.4, -0.2) is 8.80 Å². The van der Waals surface area contributed by atoms with Crippen LogP contribution < -0.4 is 30.0 Å². The molecule has 0 amide bonds. The molecule has 0 bridgehead atoms. The summed E-state index contributed by atoms with van der Waals surface area (Å²) in [5.74, 6) is 0.347.